The predicted octanol–water partition coefficient (Wildman–Crippen LogP) is 2.97. The van der Waals surface area contributed by atoms with Crippen molar-refractivity contribution in [1.29, 1.82) is 0 Å². The van der Waals surface area contributed by atoms with Crippen LogP contribution in [0.4, 0.5) is 13.2 Å². The van der Waals surface area contributed by atoms with Gasteiger partial charge in [-0.25, -0.2) is 0 Å². The first kappa shape index (κ1) is 17.1. The van der Waals surface area contributed by atoms with Gasteiger partial charge in [0.15, 0.2) is 0 Å². The highest BCUT2D eigenvalue weighted by atomic mass is 19.4. The van der Waals surface area contributed by atoms with E-state index in [0.717, 1.165) is 18.4 Å². The first-order chi connectivity index (χ1) is 11.4. The zero-order valence-electron chi connectivity index (χ0n) is 13.1. The third-order valence-corrected chi connectivity index (χ3v) is 4.63. The molecule has 132 valence electrons. The topological polar surface area (TPSA) is 58.6 Å². The molecule has 3 atom stereocenters. The normalized spacial score (nSPS) is 24.3. The number of rotatable bonds is 7. The summed E-state index contributed by atoms with van der Waals surface area (Å²) in [5, 5.41) is 12.1. The minimum Gasteiger partial charge on any atom is -0.406 e. The second-order valence-corrected chi connectivity index (χ2v) is 6.53. The Morgan fingerprint density at radius 3 is 2.50 bits per heavy atom. The minimum absolute atomic E-state index is 0.0269. The highest BCUT2D eigenvalue weighted by Crippen LogP contribution is 2.48. The number of aliphatic hydroxyl groups excluding tert-OH is 1. The Kier molecular flexibility index (Phi) is 4.71. The van der Waals surface area contributed by atoms with Crippen LogP contribution in [0.25, 0.3) is 0 Å². The van der Waals surface area contributed by atoms with Gasteiger partial charge >= 0.3 is 6.36 Å². The monoisotopic (exact) mass is 343 g/mol. The SMILES string of the molecule is O=C(NC(CCO)C1CC1)C1CC1c1ccc(OC(F)(F)F)cc1. The van der Waals surface area contributed by atoms with Crippen molar-refractivity contribution in [3.05, 3.63) is 29.8 Å². The van der Waals surface area contributed by atoms with E-state index >= 15 is 0 Å². The number of hydrogen-bond donors (Lipinski definition) is 2. The van der Waals surface area contributed by atoms with E-state index in [4.69, 9.17) is 5.11 Å². The van der Waals surface area contributed by atoms with Crippen LogP contribution in [0.5, 0.6) is 5.75 Å². The second kappa shape index (κ2) is 6.63. The number of carbonyl (C=O) groups is 1. The number of halogens is 3. The first-order valence-corrected chi connectivity index (χ1v) is 8.14. The standard InChI is InChI=1S/C17H20F3NO3/c18-17(19,20)24-12-5-3-10(4-6-12)13-9-14(13)16(23)21-15(7-8-22)11-1-2-11/h3-6,11,13-15,22H,1-2,7-9H2,(H,21,23). The van der Waals surface area contributed by atoms with Crippen LogP contribution in [0.15, 0.2) is 24.3 Å². The number of nitrogens with one attached hydrogen (secondary N) is 1. The molecule has 1 aromatic rings. The lowest BCUT2D eigenvalue weighted by Crippen LogP contribution is -2.38. The Hall–Kier alpha value is -1.76. The van der Waals surface area contributed by atoms with E-state index in [2.05, 4.69) is 10.1 Å². The quantitative estimate of drug-likeness (QED) is 0.800. The van der Waals surface area contributed by atoms with Crippen molar-refractivity contribution in [2.75, 3.05) is 6.61 Å². The van der Waals surface area contributed by atoms with E-state index in [1.54, 1.807) is 12.1 Å². The Morgan fingerprint density at radius 2 is 1.96 bits per heavy atom. The molecule has 2 aliphatic carbocycles. The van der Waals surface area contributed by atoms with E-state index in [9.17, 15) is 18.0 Å². The molecule has 2 fully saturated rings. The maximum absolute atomic E-state index is 12.3. The van der Waals surface area contributed by atoms with Crippen LogP contribution in [-0.2, 0) is 4.79 Å². The third kappa shape index (κ3) is 4.41. The van der Waals surface area contributed by atoms with Gasteiger partial charge in [0.25, 0.3) is 0 Å². The van der Waals surface area contributed by atoms with Crippen LogP contribution in [0.1, 0.15) is 37.2 Å². The smallest absolute Gasteiger partial charge is 0.406 e. The van der Waals surface area contributed by atoms with Crippen molar-refractivity contribution in [3.63, 3.8) is 0 Å². The number of ether oxygens (including phenoxy) is 1. The number of alkyl halides is 3. The van der Waals surface area contributed by atoms with Gasteiger partial charge in [-0.1, -0.05) is 12.1 Å². The molecule has 3 unspecified atom stereocenters. The molecule has 2 aliphatic rings. The fraction of sp³-hybridized carbons (Fsp3) is 0.588. The molecule has 1 amide bonds. The molecular formula is C17H20F3NO3. The zero-order valence-corrected chi connectivity index (χ0v) is 13.1. The van der Waals surface area contributed by atoms with Gasteiger partial charge in [0.2, 0.25) is 5.91 Å². The van der Waals surface area contributed by atoms with Crippen molar-refractivity contribution in [2.45, 2.75) is 44.0 Å². The molecule has 0 radical (unpaired) electrons. The van der Waals surface area contributed by atoms with Gasteiger partial charge in [-0.05, 0) is 55.2 Å². The highest BCUT2D eigenvalue weighted by Gasteiger charge is 2.45. The molecule has 0 heterocycles. The molecule has 4 nitrogen and oxygen atoms in total. The summed E-state index contributed by atoms with van der Waals surface area (Å²) in [5.74, 6) is 0.0842. The van der Waals surface area contributed by atoms with Gasteiger partial charge in [0.05, 0.1) is 0 Å². The molecule has 2 saturated carbocycles. The summed E-state index contributed by atoms with van der Waals surface area (Å²) >= 11 is 0. The fourth-order valence-electron chi connectivity index (χ4n) is 3.12. The van der Waals surface area contributed by atoms with Crippen LogP contribution in [0, 0.1) is 11.8 Å². The molecule has 7 heteroatoms. The summed E-state index contributed by atoms with van der Waals surface area (Å²) in [6.45, 7) is 0.0518. The van der Waals surface area contributed by atoms with E-state index in [0.29, 0.717) is 18.8 Å². The van der Waals surface area contributed by atoms with E-state index < -0.39 is 6.36 Å². The van der Waals surface area contributed by atoms with Crippen LogP contribution >= 0.6 is 0 Å². The summed E-state index contributed by atoms with van der Waals surface area (Å²) in [6.07, 6.45) is -1.27. The Labute approximate surface area is 138 Å². The molecule has 1 aromatic carbocycles. The molecule has 0 bridgehead atoms. The molecule has 0 saturated heterocycles. The molecule has 2 N–H and O–H groups in total. The number of aliphatic hydroxyl groups is 1. The van der Waals surface area contributed by atoms with E-state index in [1.165, 1.54) is 12.1 Å². The molecule has 0 aliphatic heterocycles. The molecule has 0 spiro atoms. The predicted molar refractivity (Wildman–Crippen MR) is 80.3 cm³/mol. The van der Waals surface area contributed by atoms with Crippen molar-refractivity contribution < 1.29 is 27.8 Å². The van der Waals surface area contributed by atoms with Gasteiger partial charge in [-0.3, -0.25) is 4.79 Å². The van der Waals surface area contributed by atoms with Crippen molar-refractivity contribution in [2.24, 2.45) is 11.8 Å². The minimum atomic E-state index is -4.70. The van der Waals surface area contributed by atoms with Crippen LogP contribution in [-0.4, -0.2) is 30.0 Å². The lowest BCUT2D eigenvalue weighted by atomic mass is 10.1. The van der Waals surface area contributed by atoms with Gasteiger partial charge in [0, 0.05) is 18.6 Å². The Balaban J connectivity index is 1.53. The first-order valence-electron chi connectivity index (χ1n) is 8.14. The largest absolute Gasteiger partial charge is 0.573 e. The van der Waals surface area contributed by atoms with Gasteiger partial charge < -0.3 is 15.2 Å². The average Bonchev–Trinajstić information content (AvgIpc) is 3.37. The number of carbonyl (C=O) groups excluding carboxylic acids is 1. The van der Waals surface area contributed by atoms with Gasteiger partial charge in [-0.15, -0.1) is 13.2 Å². The molecule has 24 heavy (non-hydrogen) atoms. The Morgan fingerprint density at radius 1 is 1.29 bits per heavy atom. The summed E-state index contributed by atoms with van der Waals surface area (Å²) in [4.78, 5) is 12.3. The van der Waals surface area contributed by atoms with Crippen molar-refractivity contribution in [3.8, 4) is 5.75 Å². The number of benzene rings is 1. The number of hydrogen-bond acceptors (Lipinski definition) is 3. The van der Waals surface area contributed by atoms with Crippen LogP contribution < -0.4 is 10.1 Å². The average molecular weight is 343 g/mol. The Bertz CT molecular complexity index is 584. The van der Waals surface area contributed by atoms with Crippen molar-refractivity contribution in [1.82, 2.24) is 5.32 Å². The maximum atomic E-state index is 12.3. The summed E-state index contributed by atoms with van der Waals surface area (Å²) < 4.78 is 40.3. The van der Waals surface area contributed by atoms with E-state index in [-0.39, 0.29) is 36.1 Å². The second-order valence-electron chi connectivity index (χ2n) is 6.53. The van der Waals surface area contributed by atoms with Crippen LogP contribution in [0.2, 0.25) is 0 Å². The van der Waals surface area contributed by atoms with Gasteiger partial charge in [0.1, 0.15) is 5.75 Å². The zero-order chi connectivity index (χ0) is 17.3. The molecule has 0 aromatic heterocycles. The van der Waals surface area contributed by atoms with Gasteiger partial charge in [-0.2, -0.15) is 0 Å². The number of amides is 1. The lowest BCUT2D eigenvalue weighted by molar-refractivity contribution is -0.274. The molecular weight excluding hydrogens is 323 g/mol. The fourth-order valence-corrected chi connectivity index (χ4v) is 3.12. The van der Waals surface area contributed by atoms with E-state index in [1.807, 2.05) is 0 Å². The molecule has 3 rings (SSSR count). The summed E-state index contributed by atoms with van der Waals surface area (Å²) in [7, 11) is 0. The highest BCUT2D eigenvalue weighted by molar-refractivity contribution is 5.83. The summed E-state index contributed by atoms with van der Waals surface area (Å²) in [6, 6.07) is 5.73. The maximum Gasteiger partial charge on any atom is 0.573 e. The third-order valence-electron chi connectivity index (χ3n) is 4.63. The van der Waals surface area contributed by atoms with Crippen molar-refractivity contribution >= 4 is 5.91 Å². The van der Waals surface area contributed by atoms with Crippen LogP contribution in [0.3, 0.4) is 0 Å². The summed E-state index contributed by atoms with van der Waals surface area (Å²) in [5.41, 5.74) is 0.842. The lowest BCUT2D eigenvalue weighted by Gasteiger charge is -2.17.